The smallest absolute Gasteiger partial charge is 0.242 e. The molecule has 1 aromatic heterocycles. The molecule has 2 N–H and O–H groups in total. The van der Waals surface area contributed by atoms with Gasteiger partial charge in [-0.1, -0.05) is 6.07 Å². The minimum Gasteiger partial charge on any atom is -0.370 e. The molecule has 5 nitrogen and oxygen atoms in total. The molecule has 1 atom stereocenters. The lowest BCUT2D eigenvalue weighted by atomic mass is 10.0. The van der Waals surface area contributed by atoms with Gasteiger partial charge in [0, 0.05) is 20.1 Å². The number of aromatic nitrogens is 1. The normalized spacial score (nSPS) is 19.1. The predicted molar refractivity (Wildman–Crippen MR) is 77.5 cm³/mol. The zero-order valence-electron chi connectivity index (χ0n) is 11.6. The summed E-state index contributed by atoms with van der Waals surface area (Å²) < 4.78 is 0. The Bertz CT molecular complexity index is 435. The molecule has 1 aliphatic rings. The number of carbonyl (C=O) groups excluding carboxylic acids is 1. The van der Waals surface area contributed by atoms with Crippen LogP contribution in [0.3, 0.4) is 0 Å². The van der Waals surface area contributed by atoms with Crippen LogP contribution in [0.25, 0.3) is 0 Å². The molecule has 2 heterocycles. The van der Waals surface area contributed by atoms with Gasteiger partial charge in [0.05, 0.1) is 0 Å². The van der Waals surface area contributed by atoms with Crippen LogP contribution in [0.2, 0.25) is 0 Å². The second kappa shape index (κ2) is 6.41. The molecule has 19 heavy (non-hydrogen) atoms. The Morgan fingerprint density at radius 3 is 3.05 bits per heavy atom. The molecule has 2 rings (SSSR count). The van der Waals surface area contributed by atoms with Gasteiger partial charge in [-0.2, -0.15) is 0 Å². The fraction of sp³-hybridized carbons (Fsp3) is 0.571. The van der Waals surface area contributed by atoms with Crippen molar-refractivity contribution in [2.75, 3.05) is 30.4 Å². The van der Waals surface area contributed by atoms with E-state index in [2.05, 4.69) is 20.5 Å². The summed E-state index contributed by atoms with van der Waals surface area (Å²) in [5.74, 6) is 1.82. The summed E-state index contributed by atoms with van der Waals surface area (Å²) >= 11 is 0. The summed E-state index contributed by atoms with van der Waals surface area (Å²) in [4.78, 5) is 18.7. The number of amides is 1. The van der Waals surface area contributed by atoms with Gasteiger partial charge in [-0.05, 0) is 38.3 Å². The molecule has 0 aliphatic carbocycles. The van der Waals surface area contributed by atoms with E-state index in [-0.39, 0.29) is 11.9 Å². The summed E-state index contributed by atoms with van der Waals surface area (Å²) in [7, 11) is 1.69. The Labute approximate surface area is 114 Å². The van der Waals surface area contributed by atoms with E-state index in [1.165, 1.54) is 0 Å². The summed E-state index contributed by atoms with van der Waals surface area (Å²) in [6.45, 7) is 3.78. The highest BCUT2D eigenvalue weighted by atomic mass is 16.2. The third-order valence-corrected chi connectivity index (χ3v) is 3.44. The largest absolute Gasteiger partial charge is 0.370 e. The highest BCUT2D eigenvalue weighted by molar-refractivity contribution is 5.85. The number of nitrogens with one attached hydrogen (secondary N) is 2. The van der Waals surface area contributed by atoms with Crippen LogP contribution in [0.1, 0.15) is 26.2 Å². The van der Waals surface area contributed by atoms with E-state index in [4.69, 9.17) is 0 Å². The molecule has 5 heteroatoms. The van der Waals surface area contributed by atoms with Gasteiger partial charge in [-0.3, -0.25) is 4.79 Å². The van der Waals surface area contributed by atoms with Crippen LogP contribution >= 0.6 is 0 Å². The summed E-state index contributed by atoms with van der Waals surface area (Å²) in [6, 6.07) is 5.81. The number of anilines is 2. The summed E-state index contributed by atoms with van der Waals surface area (Å²) in [5.41, 5.74) is 0. The molecule has 0 aromatic carbocycles. The third-order valence-electron chi connectivity index (χ3n) is 3.44. The van der Waals surface area contributed by atoms with E-state index < -0.39 is 0 Å². The maximum Gasteiger partial charge on any atom is 0.242 e. The van der Waals surface area contributed by atoms with Crippen molar-refractivity contribution in [2.45, 2.75) is 32.2 Å². The lowest BCUT2D eigenvalue weighted by Crippen LogP contribution is -2.49. The van der Waals surface area contributed by atoms with Crippen molar-refractivity contribution in [1.82, 2.24) is 10.3 Å². The Balaban J connectivity index is 2.21. The van der Waals surface area contributed by atoms with Gasteiger partial charge >= 0.3 is 0 Å². The lowest BCUT2D eigenvalue weighted by molar-refractivity contribution is -0.122. The molecule has 0 radical (unpaired) electrons. The number of pyridine rings is 1. The first-order valence-corrected chi connectivity index (χ1v) is 6.95. The molecule has 1 amide bonds. The van der Waals surface area contributed by atoms with Crippen molar-refractivity contribution in [2.24, 2.45) is 0 Å². The molecule has 0 spiro atoms. The monoisotopic (exact) mass is 262 g/mol. The Kier molecular flexibility index (Phi) is 4.60. The van der Waals surface area contributed by atoms with E-state index in [1.807, 2.05) is 25.1 Å². The Morgan fingerprint density at radius 2 is 2.32 bits per heavy atom. The number of hydrogen-bond acceptors (Lipinski definition) is 4. The first-order valence-electron chi connectivity index (χ1n) is 6.95. The Morgan fingerprint density at radius 1 is 1.47 bits per heavy atom. The van der Waals surface area contributed by atoms with Crippen LogP contribution in [0.4, 0.5) is 11.6 Å². The van der Waals surface area contributed by atoms with E-state index in [1.54, 1.807) is 7.05 Å². The number of nitrogens with zero attached hydrogens (tertiary/aromatic N) is 2. The maximum atomic E-state index is 12.0. The van der Waals surface area contributed by atoms with Crippen molar-refractivity contribution in [3.8, 4) is 0 Å². The molecular weight excluding hydrogens is 240 g/mol. The van der Waals surface area contributed by atoms with Crippen molar-refractivity contribution >= 4 is 17.5 Å². The molecule has 1 unspecified atom stereocenters. The molecule has 1 saturated heterocycles. The van der Waals surface area contributed by atoms with Crippen molar-refractivity contribution < 1.29 is 4.79 Å². The van der Waals surface area contributed by atoms with Gasteiger partial charge in [0.25, 0.3) is 0 Å². The number of rotatable bonds is 4. The van der Waals surface area contributed by atoms with Crippen LogP contribution in [0.15, 0.2) is 18.2 Å². The van der Waals surface area contributed by atoms with Gasteiger partial charge in [0.15, 0.2) is 0 Å². The maximum absolute atomic E-state index is 12.0. The number of likely N-dealkylation sites (N-methyl/N-ethyl adjacent to an activating group) is 1. The average molecular weight is 262 g/mol. The zero-order chi connectivity index (χ0) is 13.7. The molecule has 1 aromatic rings. The zero-order valence-corrected chi connectivity index (χ0v) is 11.6. The average Bonchev–Trinajstić information content (AvgIpc) is 2.47. The molecular formula is C14H22N4O. The number of hydrogen-bond donors (Lipinski definition) is 2. The fourth-order valence-corrected chi connectivity index (χ4v) is 2.51. The second-order valence-electron chi connectivity index (χ2n) is 4.73. The standard InChI is InChI=1S/C14H22N4O/c1-3-16-12-8-6-9-13(17-12)18-10-5-4-7-11(18)14(19)15-2/h6,8-9,11H,3-5,7,10H2,1-2H3,(H,15,19)(H,16,17). The van der Waals surface area contributed by atoms with Gasteiger partial charge in [-0.25, -0.2) is 4.98 Å². The molecule has 1 fully saturated rings. The number of piperidine rings is 1. The lowest BCUT2D eigenvalue weighted by Gasteiger charge is -2.35. The quantitative estimate of drug-likeness (QED) is 0.865. The van der Waals surface area contributed by atoms with Crippen molar-refractivity contribution in [3.63, 3.8) is 0 Å². The minimum atomic E-state index is -0.0943. The van der Waals surface area contributed by atoms with Crippen molar-refractivity contribution in [3.05, 3.63) is 18.2 Å². The first-order chi connectivity index (χ1) is 9.26. The molecule has 0 bridgehead atoms. The SMILES string of the molecule is CCNc1cccc(N2CCCCC2C(=O)NC)n1. The van der Waals surface area contributed by atoms with Crippen LogP contribution in [-0.4, -0.2) is 37.1 Å². The molecule has 0 saturated carbocycles. The van der Waals surface area contributed by atoms with E-state index in [0.29, 0.717) is 0 Å². The summed E-state index contributed by atoms with van der Waals surface area (Å²) in [5, 5.41) is 5.96. The highest BCUT2D eigenvalue weighted by Gasteiger charge is 2.28. The minimum absolute atomic E-state index is 0.0790. The van der Waals surface area contributed by atoms with Gasteiger partial charge in [-0.15, -0.1) is 0 Å². The topological polar surface area (TPSA) is 57.3 Å². The predicted octanol–water partition coefficient (Wildman–Crippen LogP) is 1.62. The Hall–Kier alpha value is -1.78. The first kappa shape index (κ1) is 13.6. The third kappa shape index (κ3) is 3.16. The van der Waals surface area contributed by atoms with E-state index in [0.717, 1.165) is 44.0 Å². The van der Waals surface area contributed by atoms with Crippen LogP contribution in [0.5, 0.6) is 0 Å². The van der Waals surface area contributed by atoms with Gasteiger partial charge in [0.2, 0.25) is 5.91 Å². The van der Waals surface area contributed by atoms with Gasteiger partial charge < -0.3 is 15.5 Å². The van der Waals surface area contributed by atoms with Crippen molar-refractivity contribution in [1.29, 1.82) is 0 Å². The molecule has 104 valence electrons. The van der Waals surface area contributed by atoms with Crippen LogP contribution in [0, 0.1) is 0 Å². The highest BCUT2D eigenvalue weighted by Crippen LogP contribution is 2.24. The molecule has 1 aliphatic heterocycles. The fourth-order valence-electron chi connectivity index (χ4n) is 2.51. The second-order valence-corrected chi connectivity index (χ2v) is 4.73. The van der Waals surface area contributed by atoms with Crippen LogP contribution < -0.4 is 15.5 Å². The van der Waals surface area contributed by atoms with E-state index >= 15 is 0 Å². The summed E-state index contributed by atoms with van der Waals surface area (Å²) in [6.07, 6.45) is 3.11. The van der Waals surface area contributed by atoms with Gasteiger partial charge in [0.1, 0.15) is 17.7 Å². The van der Waals surface area contributed by atoms with E-state index in [9.17, 15) is 4.79 Å². The van der Waals surface area contributed by atoms with Crippen LogP contribution in [-0.2, 0) is 4.79 Å². The number of carbonyl (C=O) groups is 1.